The van der Waals surface area contributed by atoms with Crippen molar-refractivity contribution >= 4 is 0 Å². The van der Waals surface area contributed by atoms with Gasteiger partial charge < -0.3 is 9.47 Å². The van der Waals surface area contributed by atoms with Crippen LogP contribution in [0.5, 0.6) is 11.5 Å². The van der Waals surface area contributed by atoms with Gasteiger partial charge in [0.1, 0.15) is 5.75 Å². The molecular formula is C29H44N2O2. The lowest BCUT2D eigenvalue weighted by atomic mass is 10.0. The number of allylic oxidation sites excluding steroid dienone is 1. The lowest BCUT2D eigenvalue weighted by Crippen LogP contribution is -2.00. The highest BCUT2D eigenvalue weighted by atomic mass is 16.5. The number of hydrogen-bond acceptors (Lipinski definition) is 4. The van der Waals surface area contributed by atoms with E-state index in [2.05, 4.69) is 30.4 Å². The van der Waals surface area contributed by atoms with Crippen molar-refractivity contribution in [2.45, 2.75) is 90.9 Å². The average Bonchev–Trinajstić information content (AvgIpc) is 2.85. The maximum absolute atomic E-state index is 5.88. The zero-order valence-corrected chi connectivity index (χ0v) is 20.9. The summed E-state index contributed by atoms with van der Waals surface area (Å²) >= 11 is 0. The summed E-state index contributed by atoms with van der Waals surface area (Å²) < 4.78 is 11.7. The molecule has 1 atom stereocenters. The highest BCUT2D eigenvalue weighted by molar-refractivity contribution is 5.56. The lowest BCUT2D eigenvalue weighted by Gasteiger charge is -2.09. The van der Waals surface area contributed by atoms with Crippen LogP contribution in [0.25, 0.3) is 11.4 Å². The first-order chi connectivity index (χ1) is 16.2. The summed E-state index contributed by atoms with van der Waals surface area (Å²) in [5.41, 5.74) is 0.985. The van der Waals surface area contributed by atoms with Crippen LogP contribution in [-0.2, 0) is 0 Å². The van der Waals surface area contributed by atoms with Crippen LogP contribution >= 0.6 is 0 Å². The molecule has 1 aromatic carbocycles. The molecule has 0 aliphatic heterocycles. The van der Waals surface area contributed by atoms with Gasteiger partial charge in [-0.2, -0.15) is 0 Å². The third-order valence-electron chi connectivity index (χ3n) is 6.12. The van der Waals surface area contributed by atoms with Gasteiger partial charge in [-0.3, -0.25) is 0 Å². The van der Waals surface area contributed by atoms with E-state index in [1.807, 2.05) is 30.3 Å². The molecule has 2 rings (SSSR count). The van der Waals surface area contributed by atoms with E-state index >= 15 is 0 Å². The van der Waals surface area contributed by atoms with Crippen molar-refractivity contribution in [3.63, 3.8) is 0 Å². The molecule has 1 heterocycles. The molecule has 1 aromatic heterocycles. The summed E-state index contributed by atoms with van der Waals surface area (Å²) in [6.45, 7) is 9.85. The summed E-state index contributed by atoms with van der Waals surface area (Å²) in [5.74, 6) is 3.18. The van der Waals surface area contributed by atoms with E-state index < -0.39 is 0 Å². The fourth-order valence-corrected chi connectivity index (χ4v) is 3.69. The average molecular weight is 453 g/mol. The highest BCUT2D eigenvalue weighted by Gasteiger charge is 2.04. The second-order valence-electron chi connectivity index (χ2n) is 9.03. The first kappa shape index (κ1) is 26.9. The van der Waals surface area contributed by atoms with Crippen molar-refractivity contribution in [2.75, 3.05) is 13.2 Å². The first-order valence-corrected chi connectivity index (χ1v) is 13.0. The molecule has 33 heavy (non-hydrogen) atoms. The van der Waals surface area contributed by atoms with Crippen molar-refractivity contribution in [3.05, 3.63) is 49.3 Å². The maximum atomic E-state index is 5.88. The van der Waals surface area contributed by atoms with Crippen LogP contribution in [0.1, 0.15) is 90.9 Å². The Kier molecular flexibility index (Phi) is 14.0. The molecule has 0 spiro atoms. The van der Waals surface area contributed by atoms with Gasteiger partial charge in [-0.15, -0.1) is 6.58 Å². The number of unbranched alkanes of at least 4 members (excludes halogenated alkanes) is 8. The molecular weight excluding hydrogens is 408 g/mol. The number of hydrogen-bond donors (Lipinski definition) is 0. The van der Waals surface area contributed by atoms with Crippen molar-refractivity contribution in [1.82, 2.24) is 9.97 Å². The Hall–Kier alpha value is -2.36. The third kappa shape index (κ3) is 11.9. The van der Waals surface area contributed by atoms with Crippen LogP contribution in [0.4, 0.5) is 0 Å². The van der Waals surface area contributed by atoms with E-state index in [0.717, 1.165) is 55.5 Å². The molecule has 0 unspecified atom stereocenters. The van der Waals surface area contributed by atoms with Gasteiger partial charge in [0.2, 0.25) is 0 Å². The Morgan fingerprint density at radius 2 is 1.36 bits per heavy atom. The molecule has 0 saturated carbocycles. The Labute approximate surface area is 201 Å². The molecule has 0 fully saturated rings. The SMILES string of the molecule is C=CCCCCCCCCOc1ccc(-c2ncc(OCCCCC[C@@H](C)CC)cn2)cc1. The fourth-order valence-electron chi connectivity index (χ4n) is 3.69. The van der Waals surface area contributed by atoms with Gasteiger partial charge in [-0.05, 0) is 55.9 Å². The van der Waals surface area contributed by atoms with Gasteiger partial charge in [-0.25, -0.2) is 9.97 Å². The van der Waals surface area contributed by atoms with Crippen molar-refractivity contribution < 1.29 is 9.47 Å². The zero-order valence-electron chi connectivity index (χ0n) is 20.9. The minimum absolute atomic E-state index is 0.707. The number of benzene rings is 1. The molecule has 2 aromatic rings. The monoisotopic (exact) mass is 452 g/mol. The Morgan fingerprint density at radius 3 is 2.00 bits per heavy atom. The van der Waals surface area contributed by atoms with E-state index in [1.165, 1.54) is 57.8 Å². The second kappa shape index (κ2) is 17.2. The van der Waals surface area contributed by atoms with Crippen LogP contribution in [0.3, 0.4) is 0 Å². The normalized spacial score (nSPS) is 11.8. The summed E-state index contributed by atoms with van der Waals surface area (Å²) in [5, 5.41) is 0. The predicted octanol–water partition coefficient (Wildman–Crippen LogP) is 8.42. The quantitative estimate of drug-likeness (QED) is 0.158. The summed E-state index contributed by atoms with van der Waals surface area (Å²) in [4.78, 5) is 8.94. The minimum Gasteiger partial charge on any atom is -0.494 e. The lowest BCUT2D eigenvalue weighted by molar-refractivity contribution is 0.300. The standard InChI is InChI=1S/C29H44N2O2/c1-4-6-7-8-9-10-11-14-21-32-27-19-17-26(18-20-27)29-30-23-28(24-31-29)33-22-15-12-13-16-25(3)5-2/h4,17-20,23-25H,1,5-16,21-22H2,2-3H3/t25-/m0/s1. The van der Waals surface area contributed by atoms with Crippen LogP contribution in [0, 0.1) is 5.92 Å². The Bertz CT molecular complexity index is 743. The van der Waals surface area contributed by atoms with Gasteiger partial charge in [-0.1, -0.05) is 71.3 Å². The van der Waals surface area contributed by atoms with Crippen LogP contribution in [0.2, 0.25) is 0 Å². The number of nitrogens with zero attached hydrogens (tertiary/aromatic N) is 2. The fraction of sp³-hybridized carbons (Fsp3) is 0.586. The molecule has 0 aliphatic rings. The molecule has 0 N–H and O–H groups in total. The van der Waals surface area contributed by atoms with Crippen LogP contribution in [-0.4, -0.2) is 23.2 Å². The van der Waals surface area contributed by atoms with Crippen molar-refractivity contribution in [2.24, 2.45) is 5.92 Å². The van der Waals surface area contributed by atoms with Crippen molar-refractivity contribution in [3.8, 4) is 22.9 Å². The Morgan fingerprint density at radius 1 is 0.788 bits per heavy atom. The van der Waals surface area contributed by atoms with Gasteiger partial charge >= 0.3 is 0 Å². The molecule has 0 aliphatic carbocycles. The van der Waals surface area contributed by atoms with Gasteiger partial charge in [0.25, 0.3) is 0 Å². The molecule has 0 saturated heterocycles. The topological polar surface area (TPSA) is 44.2 Å². The maximum Gasteiger partial charge on any atom is 0.159 e. The number of ether oxygens (including phenoxy) is 2. The van der Waals surface area contributed by atoms with Crippen LogP contribution in [0.15, 0.2) is 49.3 Å². The van der Waals surface area contributed by atoms with E-state index in [9.17, 15) is 0 Å². The molecule has 0 radical (unpaired) electrons. The molecule has 0 bridgehead atoms. The van der Waals surface area contributed by atoms with Crippen LogP contribution < -0.4 is 9.47 Å². The predicted molar refractivity (Wildman–Crippen MR) is 139 cm³/mol. The molecule has 4 nitrogen and oxygen atoms in total. The summed E-state index contributed by atoms with van der Waals surface area (Å²) in [6.07, 6.45) is 20.3. The third-order valence-corrected chi connectivity index (χ3v) is 6.12. The summed E-state index contributed by atoms with van der Waals surface area (Å²) in [7, 11) is 0. The van der Waals surface area contributed by atoms with E-state index in [-0.39, 0.29) is 0 Å². The molecule has 182 valence electrons. The molecule has 4 heteroatoms. The van der Waals surface area contributed by atoms with Gasteiger partial charge in [0, 0.05) is 5.56 Å². The second-order valence-corrected chi connectivity index (χ2v) is 9.03. The minimum atomic E-state index is 0.707. The Balaban J connectivity index is 1.61. The number of aromatic nitrogens is 2. The van der Waals surface area contributed by atoms with Crippen molar-refractivity contribution in [1.29, 1.82) is 0 Å². The summed E-state index contributed by atoms with van der Waals surface area (Å²) in [6, 6.07) is 8.03. The molecule has 0 amide bonds. The van der Waals surface area contributed by atoms with Gasteiger partial charge in [0.05, 0.1) is 25.6 Å². The number of rotatable bonds is 19. The zero-order chi connectivity index (χ0) is 23.6. The van der Waals surface area contributed by atoms with Gasteiger partial charge in [0.15, 0.2) is 11.6 Å². The van der Waals surface area contributed by atoms with E-state index in [4.69, 9.17) is 9.47 Å². The largest absolute Gasteiger partial charge is 0.494 e. The first-order valence-electron chi connectivity index (χ1n) is 13.0. The van der Waals surface area contributed by atoms with E-state index in [0.29, 0.717) is 5.82 Å². The van der Waals surface area contributed by atoms with E-state index in [1.54, 1.807) is 12.4 Å². The highest BCUT2D eigenvalue weighted by Crippen LogP contribution is 2.21. The smallest absolute Gasteiger partial charge is 0.159 e.